The van der Waals surface area contributed by atoms with Gasteiger partial charge in [0.15, 0.2) is 0 Å². The van der Waals surface area contributed by atoms with Crippen LogP contribution in [-0.2, 0) is 0 Å². The van der Waals surface area contributed by atoms with Crippen molar-refractivity contribution >= 4 is 24.6 Å². The molecule has 0 aromatic rings. The van der Waals surface area contributed by atoms with Crippen LogP contribution in [0.5, 0.6) is 0 Å². The van der Waals surface area contributed by atoms with Crippen LogP contribution in [0.2, 0.25) is 16.7 Å². The molecule has 144 valence electrons. The molecule has 0 N–H and O–H groups in total. The van der Waals surface area contributed by atoms with Crippen molar-refractivity contribution in [3.63, 3.8) is 0 Å². The zero-order valence-electron chi connectivity index (χ0n) is 18.1. The monoisotopic (exact) mass is 445 g/mol. The molecule has 0 aromatic carbocycles. The molecule has 2 heteroatoms. The summed E-state index contributed by atoms with van der Waals surface area (Å²) in [6.45, 7) is 17.6. The summed E-state index contributed by atoms with van der Waals surface area (Å²) in [4.78, 5) is 5.00. The summed E-state index contributed by atoms with van der Waals surface area (Å²) in [5, 5.41) is 0. The summed E-state index contributed by atoms with van der Waals surface area (Å²) in [5.74, 6) is 0.680. The second-order valence-electron chi connectivity index (χ2n) is 8.34. The van der Waals surface area contributed by atoms with Gasteiger partial charge in [-0.25, -0.2) is 0 Å². The Morgan fingerprint density at radius 3 is 1.50 bits per heavy atom. The summed E-state index contributed by atoms with van der Waals surface area (Å²) < 4.78 is 5.30. The van der Waals surface area contributed by atoms with Crippen LogP contribution in [-0.4, -0.2) is 31.1 Å². The van der Waals surface area contributed by atoms with Crippen LogP contribution in [0.3, 0.4) is 0 Å². The maximum atomic E-state index is 5.00. The molecule has 0 rings (SSSR count). The molecule has 0 fully saturated rings. The van der Waals surface area contributed by atoms with E-state index in [0.29, 0.717) is 9.35 Å². The SMILES string of the molecule is CCC[CH2][Sn]([CH2]CCC)([CH2]CCC)[C](C=NCC(C)C)(CC)CC. The Balaban J connectivity index is 5.75. The summed E-state index contributed by atoms with van der Waals surface area (Å²) in [5.41, 5.74) is 0. The van der Waals surface area contributed by atoms with Crippen molar-refractivity contribution in [2.24, 2.45) is 10.9 Å². The average molecular weight is 444 g/mol. The number of nitrogens with zero attached hydrogens (tertiary/aromatic N) is 1. The molecule has 0 amide bonds. The number of hydrogen-bond acceptors (Lipinski definition) is 1. The van der Waals surface area contributed by atoms with Crippen molar-refractivity contribution in [3.05, 3.63) is 0 Å². The molecule has 0 bridgehead atoms. The number of aliphatic imine (C=N–C) groups is 1. The van der Waals surface area contributed by atoms with E-state index in [4.69, 9.17) is 4.99 Å². The number of hydrogen-bond donors (Lipinski definition) is 0. The Labute approximate surface area is 158 Å². The predicted octanol–water partition coefficient (Wildman–Crippen LogP) is 8.12. The van der Waals surface area contributed by atoms with Crippen molar-refractivity contribution in [2.45, 2.75) is 117 Å². The number of unbranched alkanes of at least 4 members (excludes halogenated alkanes) is 3. The van der Waals surface area contributed by atoms with Crippen LogP contribution in [0.25, 0.3) is 0 Å². The number of rotatable bonds is 15. The maximum absolute atomic E-state index is 5.00. The van der Waals surface area contributed by atoms with E-state index < -0.39 is 18.4 Å². The summed E-state index contributed by atoms with van der Waals surface area (Å²) in [7, 11) is 0. The van der Waals surface area contributed by atoms with Gasteiger partial charge in [-0.15, -0.1) is 0 Å². The third kappa shape index (κ3) is 7.38. The molecule has 0 aliphatic carbocycles. The molecular weight excluding hydrogens is 397 g/mol. The zero-order chi connectivity index (χ0) is 18.5. The Morgan fingerprint density at radius 2 is 1.21 bits per heavy atom. The minimum atomic E-state index is -2.29. The fourth-order valence-electron chi connectivity index (χ4n) is 4.43. The van der Waals surface area contributed by atoms with Gasteiger partial charge in [0.1, 0.15) is 0 Å². The molecule has 0 spiro atoms. The molecule has 0 aromatic heterocycles. The molecule has 1 nitrogen and oxygen atoms in total. The Hall–Kier alpha value is 0.469. The van der Waals surface area contributed by atoms with Crippen LogP contribution in [0.15, 0.2) is 4.99 Å². The van der Waals surface area contributed by atoms with Crippen LogP contribution in [0.4, 0.5) is 0 Å². The summed E-state index contributed by atoms with van der Waals surface area (Å²) >= 11 is -2.29. The van der Waals surface area contributed by atoms with E-state index in [1.54, 1.807) is 13.3 Å². The van der Waals surface area contributed by atoms with Gasteiger partial charge in [-0.05, 0) is 0 Å². The van der Waals surface area contributed by atoms with E-state index in [1.165, 1.54) is 51.4 Å². The Kier molecular flexibility index (Phi) is 13.9. The third-order valence-electron chi connectivity index (χ3n) is 6.15. The topological polar surface area (TPSA) is 12.4 Å². The summed E-state index contributed by atoms with van der Waals surface area (Å²) in [6, 6.07) is 0. The molecule has 0 saturated heterocycles. The quantitative estimate of drug-likeness (QED) is 0.179. The first-order valence-corrected chi connectivity index (χ1v) is 18.5. The van der Waals surface area contributed by atoms with E-state index in [-0.39, 0.29) is 0 Å². The fraction of sp³-hybridized carbons (Fsp3) is 0.955. The fourth-order valence-corrected chi connectivity index (χ4v) is 25.0. The predicted molar refractivity (Wildman–Crippen MR) is 116 cm³/mol. The van der Waals surface area contributed by atoms with Crippen LogP contribution in [0, 0.1) is 5.92 Å². The van der Waals surface area contributed by atoms with Crippen molar-refractivity contribution in [2.75, 3.05) is 6.54 Å². The first-order valence-electron chi connectivity index (χ1n) is 11.0. The van der Waals surface area contributed by atoms with Gasteiger partial charge in [-0.3, -0.25) is 0 Å². The molecular formula is C22H47NSn. The molecule has 0 aliphatic heterocycles. The van der Waals surface area contributed by atoms with E-state index in [2.05, 4.69) is 54.7 Å². The van der Waals surface area contributed by atoms with Gasteiger partial charge < -0.3 is 0 Å². The minimum absolute atomic E-state index is 0.503. The average Bonchev–Trinajstić information content (AvgIpc) is 2.58. The molecule has 0 unspecified atom stereocenters. The van der Waals surface area contributed by atoms with Crippen molar-refractivity contribution in [1.29, 1.82) is 0 Å². The van der Waals surface area contributed by atoms with Crippen LogP contribution in [0.1, 0.15) is 99.8 Å². The van der Waals surface area contributed by atoms with E-state index in [9.17, 15) is 0 Å². The van der Waals surface area contributed by atoms with Gasteiger partial charge in [0.2, 0.25) is 0 Å². The summed E-state index contributed by atoms with van der Waals surface area (Å²) in [6.07, 6.45) is 13.7. The standard InChI is InChI=1S/C10H20N.3C4H9.Sn/c1-5-10(6-2)8-11-7-9(3)4;3*1-3-4-2;/h8-9H,5-7H2,1-4H3;3*1,3-4H2,2H3;. The van der Waals surface area contributed by atoms with Crippen molar-refractivity contribution in [1.82, 2.24) is 0 Å². The van der Waals surface area contributed by atoms with Crippen molar-refractivity contribution < 1.29 is 0 Å². The molecule has 0 aliphatic rings. The van der Waals surface area contributed by atoms with Gasteiger partial charge in [0.25, 0.3) is 0 Å². The van der Waals surface area contributed by atoms with E-state index in [0.717, 1.165) is 6.54 Å². The zero-order valence-corrected chi connectivity index (χ0v) is 20.9. The first kappa shape index (κ1) is 24.5. The van der Waals surface area contributed by atoms with E-state index >= 15 is 0 Å². The second-order valence-corrected chi connectivity index (χ2v) is 22.8. The molecule has 0 radical (unpaired) electrons. The third-order valence-corrected chi connectivity index (χ3v) is 25.8. The first-order chi connectivity index (χ1) is 11.5. The van der Waals surface area contributed by atoms with Crippen LogP contribution >= 0.6 is 0 Å². The Bertz CT molecular complexity index is 296. The molecule has 0 saturated carbocycles. The Morgan fingerprint density at radius 1 is 0.792 bits per heavy atom. The van der Waals surface area contributed by atoms with E-state index in [1.807, 2.05) is 0 Å². The normalized spacial score (nSPS) is 13.3. The molecule has 0 heterocycles. The van der Waals surface area contributed by atoms with Gasteiger partial charge in [-0.1, -0.05) is 0 Å². The van der Waals surface area contributed by atoms with Crippen molar-refractivity contribution in [3.8, 4) is 0 Å². The van der Waals surface area contributed by atoms with Gasteiger partial charge >= 0.3 is 159 Å². The van der Waals surface area contributed by atoms with Gasteiger partial charge in [-0.2, -0.15) is 0 Å². The molecule has 0 atom stereocenters. The molecule has 24 heavy (non-hydrogen) atoms. The van der Waals surface area contributed by atoms with Crippen LogP contribution < -0.4 is 0 Å². The van der Waals surface area contributed by atoms with Gasteiger partial charge in [0, 0.05) is 0 Å². The van der Waals surface area contributed by atoms with Gasteiger partial charge in [0.05, 0.1) is 0 Å². The second kappa shape index (κ2) is 13.6.